The minimum Gasteiger partial charge on any atom is -0.481 e. The van der Waals surface area contributed by atoms with Crippen LogP contribution in [0, 0.1) is 0 Å². The Labute approximate surface area is 188 Å². The maximum absolute atomic E-state index is 12.5. The van der Waals surface area contributed by atoms with E-state index in [1.165, 1.54) is 4.90 Å². The Bertz CT molecular complexity index is 956. The first-order valence-electron chi connectivity index (χ1n) is 10.8. The maximum Gasteiger partial charge on any atom is 0.407 e. The van der Waals surface area contributed by atoms with Crippen molar-refractivity contribution in [2.45, 2.75) is 44.6 Å². The third kappa shape index (κ3) is 5.66. The van der Waals surface area contributed by atoms with E-state index in [1.807, 2.05) is 24.3 Å². The predicted octanol–water partition coefficient (Wildman–Crippen LogP) is 4.02. The number of carboxylic acids is 1. The van der Waals surface area contributed by atoms with Gasteiger partial charge in [0.2, 0.25) is 5.91 Å². The van der Waals surface area contributed by atoms with Crippen molar-refractivity contribution < 1.29 is 24.2 Å². The zero-order valence-electron chi connectivity index (χ0n) is 18.8. The molecule has 0 unspecified atom stereocenters. The van der Waals surface area contributed by atoms with Crippen LogP contribution in [-0.2, 0) is 14.3 Å². The second-order valence-electron chi connectivity index (χ2n) is 8.82. The smallest absolute Gasteiger partial charge is 0.407 e. The van der Waals surface area contributed by atoms with Crippen LogP contribution in [0.15, 0.2) is 48.5 Å². The van der Waals surface area contributed by atoms with Crippen LogP contribution >= 0.6 is 0 Å². The van der Waals surface area contributed by atoms with Gasteiger partial charge in [-0.2, -0.15) is 0 Å². The van der Waals surface area contributed by atoms with Gasteiger partial charge in [0.25, 0.3) is 0 Å². The van der Waals surface area contributed by atoms with Gasteiger partial charge in [-0.3, -0.25) is 9.59 Å². The molecule has 32 heavy (non-hydrogen) atoms. The topological polar surface area (TPSA) is 95.9 Å². The van der Waals surface area contributed by atoms with Crippen LogP contribution in [-0.4, -0.2) is 53.7 Å². The van der Waals surface area contributed by atoms with Crippen LogP contribution < -0.4 is 5.32 Å². The fourth-order valence-corrected chi connectivity index (χ4v) is 4.06. The Morgan fingerprint density at radius 1 is 1.03 bits per heavy atom. The molecule has 3 rings (SSSR count). The minimum atomic E-state index is -0.886. The highest BCUT2D eigenvalue weighted by molar-refractivity contribution is 5.80. The van der Waals surface area contributed by atoms with Crippen LogP contribution in [0.1, 0.15) is 50.2 Å². The lowest BCUT2D eigenvalue weighted by atomic mass is 9.98. The summed E-state index contributed by atoms with van der Waals surface area (Å²) in [6, 6.07) is 16.3. The highest BCUT2D eigenvalue weighted by Crippen LogP contribution is 2.44. The number of ether oxygens (including phenoxy) is 1. The summed E-state index contributed by atoms with van der Waals surface area (Å²) in [6.45, 7) is 4.08. The van der Waals surface area contributed by atoms with Crippen molar-refractivity contribution in [2.24, 2.45) is 0 Å². The van der Waals surface area contributed by atoms with Gasteiger partial charge < -0.3 is 20.1 Å². The van der Waals surface area contributed by atoms with Crippen LogP contribution in [0.4, 0.5) is 4.79 Å². The number of aliphatic carboxylic acids is 1. The second kappa shape index (κ2) is 9.85. The molecular formula is C25H30N2O5. The van der Waals surface area contributed by atoms with Gasteiger partial charge in [-0.25, -0.2) is 4.79 Å². The zero-order chi connectivity index (χ0) is 23.3. The number of nitrogens with one attached hydrogen (secondary N) is 1. The molecular weight excluding hydrogens is 408 g/mol. The summed E-state index contributed by atoms with van der Waals surface area (Å²) in [4.78, 5) is 37.1. The molecule has 1 aliphatic carbocycles. The molecule has 2 amide bonds. The van der Waals surface area contributed by atoms with Crippen LogP contribution in [0.3, 0.4) is 0 Å². The van der Waals surface area contributed by atoms with E-state index in [2.05, 4.69) is 29.6 Å². The highest BCUT2D eigenvalue weighted by Gasteiger charge is 2.30. The molecule has 2 aromatic rings. The van der Waals surface area contributed by atoms with Gasteiger partial charge in [0, 0.05) is 37.9 Å². The Kier molecular flexibility index (Phi) is 7.18. The second-order valence-corrected chi connectivity index (χ2v) is 8.82. The number of amides is 2. The van der Waals surface area contributed by atoms with Crippen LogP contribution in [0.25, 0.3) is 11.1 Å². The number of nitrogens with zero attached hydrogens (tertiary/aromatic N) is 1. The number of carbonyl (C=O) groups excluding carboxylic acids is 2. The molecule has 0 saturated heterocycles. The number of alkyl carbamates (subject to hydrolysis) is 1. The first-order valence-corrected chi connectivity index (χ1v) is 10.8. The Hall–Kier alpha value is -3.35. The predicted molar refractivity (Wildman–Crippen MR) is 121 cm³/mol. The molecule has 2 aromatic carbocycles. The van der Waals surface area contributed by atoms with Crippen molar-refractivity contribution in [3.05, 3.63) is 59.7 Å². The molecule has 0 spiro atoms. The van der Waals surface area contributed by atoms with Crippen molar-refractivity contribution in [2.75, 3.05) is 20.2 Å². The van der Waals surface area contributed by atoms with E-state index in [9.17, 15) is 14.4 Å². The summed E-state index contributed by atoms with van der Waals surface area (Å²) in [5, 5.41) is 11.5. The summed E-state index contributed by atoms with van der Waals surface area (Å²) in [6.07, 6.45) is -0.0874. The Morgan fingerprint density at radius 3 is 2.16 bits per heavy atom. The zero-order valence-corrected chi connectivity index (χ0v) is 18.8. The number of benzene rings is 2. The molecule has 0 radical (unpaired) electrons. The molecule has 0 aliphatic heterocycles. The fraction of sp³-hybridized carbons (Fsp3) is 0.400. The normalized spacial score (nSPS) is 12.6. The molecule has 0 fully saturated rings. The lowest BCUT2D eigenvalue weighted by Crippen LogP contribution is -2.47. The molecule has 170 valence electrons. The third-order valence-corrected chi connectivity index (χ3v) is 5.69. The van der Waals surface area contributed by atoms with Crippen molar-refractivity contribution in [1.29, 1.82) is 0 Å². The highest BCUT2D eigenvalue weighted by atomic mass is 16.5. The first kappa shape index (κ1) is 23.3. The quantitative estimate of drug-likeness (QED) is 0.617. The van der Waals surface area contributed by atoms with Gasteiger partial charge in [0.05, 0.1) is 0 Å². The lowest BCUT2D eigenvalue weighted by molar-refractivity contribution is -0.138. The van der Waals surface area contributed by atoms with E-state index in [0.29, 0.717) is 13.0 Å². The van der Waals surface area contributed by atoms with E-state index >= 15 is 0 Å². The van der Waals surface area contributed by atoms with Crippen LogP contribution in [0.5, 0.6) is 0 Å². The Balaban J connectivity index is 1.54. The maximum atomic E-state index is 12.5. The van der Waals surface area contributed by atoms with Crippen molar-refractivity contribution in [3.8, 4) is 11.1 Å². The van der Waals surface area contributed by atoms with Crippen molar-refractivity contribution >= 4 is 18.0 Å². The summed E-state index contributed by atoms with van der Waals surface area (Å²) >= 11 is 0. The summed E-state index contributed by atoms with van der Waals surface area (Å²) < 4.78 is 5.57. The number of fused-ring (bicyclic) bond motifs is 3. The minimum absolute atomic E-state index is 0.0129. The summed E-state index contributed by atoms with van der Waals surface area (Å²) in [5.41, 5.74) is 3.79. The average Bonchev–Trinajstić information content (AvgIpc) is 3.05. The van der Waals surface area contributed by atoms with Crippen molar-refractivity contribution in [1.82, 2.24) is 10.2 Å². The monoisotopic (exact) mass is 438 g/mol. The molecule has 7 nitrogen and oxygen atoms in total. The van der Waals surface area contributed by atoms with Gasteiger partial charge in [0.1, 0.15) is 6.61 Å². The molecule has 0 atom stereocenters. The lowest BCUT2D eigenvalue weighted by Gasteiger charge is -2.28. The molecule has 1 aliphatic rings. The van der Waals surface area contributed by atoms with E-state index in [0.717, 1.165) is 22.3 Å². The number of hydrogen-bond donors (Lipinski definition) is 2. The third-order valence-electron chi connectivity index (χ3n) is 5.69. The molecule has 0 bridgehead atoms. The number of hydrogen-bond acceptors (Lipinski definition) is 4. The SMILES string of the molecule is CN(CCCC(=O)O)C(=O)CC(C)(C)NC(=O)OCC1c2ccccc2-c2ccccc21. The van der Waals surface area contributed by atoms with E-state index < -0.39 is 17.6 Å². The first-order chi connectivity index (χ1) is 15.2. The van der Waals surface area contributed by atoms with Gasteiger partial charge in [-0.1, -0.05) is 48.5 Å². The van der Waals surface area contributed by atoms with E-state index in [4.69, 9.17) is 9.84 Å². The van der Waals surface area contributed by atoms with Gasteiger partial charge in [-0.15, -0.1) is 0 Å². The number of carboxylic acid groups (broad SMARTS) is 1. The van der Waals surface area contributed by atoms with Crippen LogP contribution in [0.2, 0.25) is 0 Å². The standard InChI is InChI=1S/C25H30N2O5/c1-25(2,15-22(28)27(3)14-8-13-23(29)30)26-24(31)32-16-21-19-11-6-4-9-17(19)18-10-5-7-12-20(18)21/h4-7,9-12,21H,8,13-16H2,1-3H3,(H,26,31)(H,29,30). The van der Waals surface area contributed by atoms with Crippen molar-refractivity contribution in [3.63, 3.8) is 0 Å². The van der Waals surface area contributed by atoms with E-state index in [1.54, 1.807) is 20.9 Å². The van der Waals surface area contributed by atoms with Gasteiger partial charge in [0.15, 0.2) is 0 Å². The molecule has 7 heteroatoms. The number of rotatable bonds is 9. The molecule has 2 N–H and O–H groups in total. The fourth-order valence-electron chi connectivity index (χ4n) is 4.06. The molecule has 0 aromatic heterocycles. The summed E-state index contributed by atoms with van der Waals surface area (Å²) in [5.74, 6) is -1.08. The largest absolute Gasteiger partial charge is 0.481 e. The molecule has 0 heterocycles. The van der Waals surface area contributed by atoms with Gasteiger partial charge in [-0.05, 0) is 42.5 Å². The summed E-state index contributed by atoms with van der Waals surface area (Å²) in [7, 11) is 1.63. The van der Waals surface area contributed by atoms with Gasteiger partial charge >= 0.3 is 12.1 Å². The molecule has 0 saturated carbocycles. The Morgan fingerprint density at radius 2 is 1.59 bits per heavy atom. The van der Waals surface area contributed by atoms with E-state index in [-0.39, 0.29) is 31.3 Å². The average molecular weight is 439 g/mol. The number of carbonyl (C=O) groups is 3.